The van der Waals surface area contributed by atoms with Crippen LogP contribution in [0.1, 0.15) is 11.7 Å². The van der Waals surface area contributed by atoms with Crippen molar-refractivity contribution in [3.8, 4) is 5.75 Å². The Morgan fingerprint density at radius 1 is 1.18 bits per heavy atom. The summed E-state index contributed by atoms with van der Waals surface area (Å²) in [6, 6.07) is 11.6. The van der Waals surface area contributed by atoms with Crippen LogP contribution in [0, 0.1) is 5.82 Å². The minimum Gasteiger partial charge on any atom is -0.473 e. The molecule has 3 N–H and O–H groups in total. The van der Waals surface area contributed by atoms with E-state index in [9.17, 15) is 14.0 Å². The number of nitrogens with one attached hydrogen (secondary N) is 1. The molecule has 2 aromatic carbocycles. The molecular formula is C15H12BrFN2O3. The van der Waals surface area contributed by atoms with Crippen LogP contribution in [0.25, 0.3) is 0 Å². The van der Waals surface area contributed by atoms with Crippen LogP contribution >= 0.6 is 15.9 Å². The Balaban J connectivity index is 2.32. The maximum absolute atomic E-state index is 13.9. The number of imide groups is 1. The quantitative estimate of drug-likeness (QED) is 0.872. The predicted molar refractivity (Wildman–Crippen MR) is 81.6 cm³/mol. The third-order valence-electron chi connectivity index (χ3n) is 2.73. The molecule has 0 radical (unpaired) electrons. The van der Waals surface area contributed by atoms with E-state index in [1.54, 1.807) is 36.4 Å². The Bertz CT molecular complexity index is 694. The Kier molecular flexibility index (Phi) is 5.11. The monoisotopic (exact) mass is 366 g/mol. The van der Waals surface area contributed by atoms with Gasteiger partial charge in [0.2, 0.25) is 6.10 Å². The van der Waals surface area contributed by atoms with E-state index in [1.165, 1.54) is 12.1 Å². The van der Waals surface area contributed by atoms with Crippen molar-refractivity contribution in [2.45, 2.75) is 6.10 Å². The van der Waals surface area contributed by atoms with E-state index < -0.39 is 23.9 Å². The lowest BCUT2D eigenvalue weighted by atomic mass is 10.1. The number of ether oxygens (including phenoxy) is 1. The van der Waals surface area contributed by atoms with Crippen LogP contribution in [0.5, 0.6) is 5.75 Å². The summed E-state index contributed by atoms with van der Waals surface area (Å²) in [6.07, 6.45) is -1.20. The van der Waals surface area contributed by atoms with Crippen molar-refractivity contribution in [1.82, 2.24) is 5.32 Å². The van der Waals surface area contributed by atoms with Gasteiger partial charge in [0, 0.05) is 10.0 Å². The zero-order valence-electron chi connectivity index (χ0n) is 11.3. The van der Waals surface area contributed by atoms with Crippen LogP contribution < -0.4 is 15.8 Å². The molecule has 7 heteroatoms. The number of benzene rings is 2. The molecule has 3 amide bonds. The molecule has 22 heavy (non-hydrogen) atoms. The number of halogens is 2. The van der Waals surface area contributed by atoms with Crippen molar-refractivity contribution in [1.29, 1.82) is 0 Å². The molecular weight excluding hydrogens is 355 g/mol. The topological polar surface area (TPSA) is 81.4 Å². The van der Waals surface area contributed by atoms with E-state index >= 15 is 0 Å². The summed E-state index contributed by atoms with van der Waals surface area (Å²) in [5, 5.41) is 1.94. The van der Waals surface area contributed by atoms with Crippen molar-refractivity contribution in [3.05, 3.63) is 64.4 Å². The van der Waals surface area contributed by atoms with Gasteiger partial charge in [-0.3, -0.25) is 10.1 Å². The summed E-state index contributed by atoms with van der Waals surface area (Å²) in [6.45, 7) is 0. The average Bonchev–Trinajstić information content (AvgIpc) is 2.46. The van der Waals surface area contributed by atoms with E-state index in [2.05, 4.69) is 15.9 Å². The van der Waals surface area contributed by atoms with Gasteiger partial charge in [-0.1, -0.05) is 46.3 Å². The SMILES string of the molecule is NC(=O)NC(=O)C(Oc1ccc(Br)cc1F)c1ccccc1. The van der Waals surface area contributed by atoms with E-state index in [1.807, 2.05) is 5.32 Å². The fraction of sp³-hybridized carbons (Fsp3) is 0.0667. The smallest absolute Gasteiger partial charge is 0.318 e. The Labute approximate surface area is 134 Å². The zero-order valence-corrected chi connectivity index (χ0v) is 12.8. The largest absolute Gasteiger partial charge is 0.473 e. The fourth-order valence-corrected chi connectivity index (χ4v) is 2.12. The second-order valence-electron chi connectivity index (χ2n) is 4.34. The molecule has 0 aliphatic heterocycles. The molecule has 114 valence electrons. The van der Waals surface area contributed by atoms with Crippen molar-refractivity contribution < 1.29 is 18.7 Å². The number of carbonyl (C=O) groups excluding carboxylic acids is 2. The lowest BCUT2D eigenvalue weighted by Crippen LogP contribution is -2.40. The van der Waals surface area contributed by atoms with Crippen molar-refractivity contribution in [2.24, 2.45) is 5.73 Å². The number of amides is 3. The van der Waals surface area contributed by atoms with Crippen LogP contribution in [0.3, 0.4) is 0 Å². The van der Waals surface area contributed by atoms with Crippen LogP contribution in [-0.2, 0) is 4.79 Å². The van der Waals surface area contributed by atoms with E-state index in [4.69, 9.17) is 10.5 Å². The van der Waals surface area contributed by atoms with Gasteiger partial charge < -0.3 is 10.5 Å². The minimum absolute atomic E-state index is 0.114. The maximum Gasteiger partial charge on any atom is 0.318 e. The number of urea groups is 1. The van der Waals surface area contributed by atoms with E-state index in [0.29, 0.717) is 10.0 Å². The molecule has 0 aliphatic carbocycles. The van der Waals surface area contributed by atoms with Gasteiger partial charge in [0.1, 0.15) is 0 Å². The third kappa shape index (κ3) is 4.05. The number of hydrogen-bond donors (Lipinski definition) is 2. The van der Waals surface area contributed by atoms with Crippen molar-refractivity contribution in [3.63, 3.8) is 0 Å². The molecule has 0 aromatic heterocycles. The van der Waals surface area contributed by atoms with Gasteiger partial charge in [0.15, 0.2) is 11.6 Å². The Hall–Kier alpha value is -2.41. The predicted octanol–water partition coefficient (Wildman–Crippen LogP) is 2.90. The van der Waals surface area contributed by atoms with Gasteiger partial charge in [-0.15, -0.1) is 0 Å². The molecule has 0 fully saturated rings. The fourth-order valence-electron chi connectivity index (χ4n) is 1.79. The highest BCUT2D eigenvalue weighted by Crippen LogP contribution is 2.27. The summed E-state index contributed by atoms with van der Waals surface area (Å²) in [5.41, 5.74) is 5.41. The lowest BCUT2D eigenvalue weighted by Gasteiger charge is -2.18. The highest BCUT2D eigenvalue weighted by molar-refractivity contribution is 9.10. The summed E-state index contributed by atoms with van der Waals surface area (Å²) >= 11 is 3.13. The van der Waals surface area contributed by atoms with Gasteiger partial charge in [-0.2, -0.15) is 0 Å². The molecule has 2 aromatic rings. The molecule has 1 atom stereocenters. The number of carbonyl (C=O) groups is 2. The zero-order chi connectivity index (χ0) is 16.1. The number of hydrogen-bond acceptors (Lipinski definition) is 3. The van der Waals surface area contributed by atoms with Crippen LogP contribution in [0.4, 0.5) is 9.18 Å². The van der Waals surface area contributed by atoms with E-state index in [0.717, 1.165) is 0 Å². The second kappa shape index (κ2) is 7.04. The summed E-state index contributed by atoms with van der Waals surface area (Å²) in [7, 11) is 0. The molecule has 0 saturated heterocycles. The highest BCUT2D eigenvalue weighted by atomic mass is 79.9. The Morgan fingerprint density at radius 3 is 2.45 bits per heavy atom. The minimum atomic E-state index is -1.20. The first-order chi connectivity index (χ1) is 10.5. The molecule has 5 nitrogen and oxygen atoms in total. The molecule has 0 bridgehead atoms. The van der Waals surface area contributed by atoms with Gasteiger partial charge in [0.05, 0.1) is 0 Å². The van der Waals surface area contributed by atoms with Crippen LogP contribution in [0.15, 0.2) is 53.0 Å². The van der Waals surface area contributed by atoms with Gasteiger partial charge >= 0.3 is 6.03 Å². The summed E-state index contributed by atoms with van der Waals surface area (Å²) < 4.78 is 19.8. The normalized spacial score (nSPS) is 11.5. The van der Waals surface area contributed by atoms with Gasteiger partial charge in [0.25, 0.3) is 5.91 Å². The molecule has 0 saturated carbocycles. The average molecular weight is 367 g/mol. The molecule has 0 spiro atoms. The van der Waals surface area contributed by atoms with Crippen molar-refractivity contribution in [2.75, 3.05) is 0 Å². The van der Waals surface area contributed by atoms with Crippen LogP contribution in [-0.4, -0.2) is 11.9 Å². The number of primary amides is 1. The number of nitrogens with two attached hydrogens (primary N) is 1. The first-order valence-electron chi connectivity index (χ1n) is 6.24. The second-order valence-corrected chi connectivity index (χ2v) is 5.25. The molecule has 2 rings (SSSR count). The highest BCUT2D eigenvalue weighted by Gasteiger charge is 2.24. The van der Waals surface area contributed by atoms with Gasteiger partial charge in [-0.25, -0.2) is 9.18 Å². The first-order valence-corrected chi connectivity index (χ1v) is 7.03. The molecule has 0 heterocycles. The summed E-state index contributed by atoms with van der Waals surface area (Å²) in [5.74, 6) is -1.53. The Morgan fingerprint density at radius 2 is 1.86 bits per heavy atom. The standard InChI is InChI=1S/C15H12BrFN2O3/c16-10-6-7-12(11(17)8-10)22-13(14(20)19-15(18)21)9-4-2-1-3-5-9/h1-8,13H,(H3,18,19,20,21). The van der Waals surface area contributed by atoms with Gasteiger partial charge in [-0.05, 0) is 18.2 Å². The van der Waals surface area contributed by atoms with Crippen LogP contribution in [0.2, 0.25) is 0 Å². The van der Waals surface area contributed by atoms with Crippen molar-refractivity contribution >= 4 is 27.9 Å². The molecule has 0 aliphatic rings. The number of rotatable bonds is 4. The first kappa shape index (κ1) is 16.0. The molecule has 1 unspecified atom stereocenters. The summed E-state index contributed by atoms with van der Waals surface area (Å²) in [4.78, 5) is 22.9. The van der Waals surface area contributed by atoms with E-state index in [-0.39, 0.29) is 5.75 Å². The lowest BCUT2D eigenvalue weighted by molar-refractivity contribution is -0.127. The third-order valence-corrected chi connectivity index (χ3v) is 3.22. The maximum atomic E-state index is 13.9.